The van der Waals surface area contributed by atoms with Crippen molar-refractivity contribution in [2.75, 3.05) is 31.1 Å². The van der Waals surface area contributed by atoms with Crippen molar-refractivity contribution in [3.05, 3.63) is 93.0 Å². The summed E-state index contributed by atoms with van der Waals surface area (Å²) in [6.07, 6.45) is 3.19. The Hall–Kier alpha value is -5.49. The van der Waals surface area contributed by atoms with Crippen LogP contribution in [0.1, 0.15) is 120 Å². The monoisotopic (exact) mass is 839 g/mol. The number of Topliss-reactive ketones (excluding diaryl/α,β-unsaturated/α-hetero) is 2. The number of ether oxygens (including phenoxy) is 1. The molecule has 0 spiro atoms. The first kappa shape index (κ1) is 40.9. The van der Waals surface area contributed by atoms with E-state index >= 15 is 0 Å². The zero-order valence-corrected chi connectivity index (χ0v) is 35.9. The van der Waals surface area contributed by atoms with Gasteiger partial charge in [0.2, 0.25) is 0 Å². The van der Waals surface area contributed by atoms with Crippen molar-refractivity contribution in [3.63, 3.8) is 0 Å². The number of imide groups is 1. The van der Waals surface area contributed by atoms with E-state index in [-0.39, 0.29) is 65.6 Å². The van der Waals surface area contributed by atoms with Crippen LogP contribution in [0.4, 0.5) is 5.69 Å². The number of piperidine rings is 1. The van der Waals surface area contributed by atoms with Crippen molar-refractivity contribution in [1.29, 1.82) is 5.26 Å². The highest BCUT2D eigenvalue weighted by Crippen LogP contribution is 2.59. The van der Waals surface area contributed by atoms with Crippen molar-refractivity contribution in [3.8, 4) is 23.7 Å². The van der Waals surface area contributed by atoms with Gasteiger partial charge in [0.1, 0.15) is 23.7 Å². The maximum atomic E-state index is 13.8. The third-order valence-electron chi connectivity index (χ3n) is 14.2. The third kappa shape index (κ3) is 7.10. The Balaban J connectivity index is 0.774. The van der Waals surface area contributed by atoms with Gasteiger partial charge in [-0.05, 0) is 79.8 Å². The number of nitrogens with zero attached hydrogens (tertiary/aromatic N) is 5. The molecule has 0 aromatic heterocycles. The summed E-state index contributed by atoms with van der Waals surface area (Å²) in [5.41, 5.74) is 3.90. The second-order valence-electron chi connectivity index (χ2n) is 18.9. The molecular formula is C49H50ClN5O6. The Morgan fingerprint density at radius 1 is 0.787 bits per heavy atom. The summed E-state index contributed by atoms with van der Waals surface area (Å²) in [5.74, 6) is 6.83. The molecule has 2 aliphatic carbocycles. The molecule has 0 bridgehead atoms. The molecule has 3 amide bonds. The normalized spacial score (nSPS) is 25.1. The number of likely N-dealkylation sites (tertiary alicyclic amines) is 1. The quantitative estimate of drug-likeness (QED) is 0.189. The Kier molecular flexibility index (Phi) is 10.4. The molecule has 12 heteroatoms. The SMILES string of the molecule is CC1(C)C(Oc2ccc(C#N)c(Cl)c2)C(C)(C)C1N1Cc2cc(C#CC3CN(C4CCN(c5ccc6c(c5)C(=O)N(C5CCC(=O)CCCC5=O)C6=O)CC4)C3)ccc2C1=O. The van der Waals surface area contributed by atoms with Crippen LogP contribution in [0.5, 0.6) is 5.75 Å². The van der Waals surface area contributed by atoms with Crippen LogP contribution < -0.4 is 9.64 Å². The van der Waals surface area contributed by atoms with Crippen molar-refractivity contribution in [1.82, 2.24) is 14.7 Å². The minimum atomic E-state index is -0.885. The van der Waals surface area contributed by atoms with E-state index in [9.17, 15) is 29.2 Å². The fraction of sp³-hybridized carbons (Fsp3) is 0.469. The van der Waals surface area contributed by atoms with Crippen molar-refractivity contribution in [2.45, 2.75) is 103 Å². The van der Waals surface area contributed by atoms with E-state index < -0.39 is 17.9 Å². The molecule has 6 aliphatic rings. The van der Waals surface area contributed by atoms with Crippen molar-refractivity contribution >= 4 is 46.6 Å². The van der Waals surface area contributed by atoms with Gasteiger partial charge in [0.05, 0.1) is 27.8 Å². The summed E-state index contributed by atoms with van der Waals surface area (Å²) in [4.78, 5) is 73.7. The van der Waals surface area contributed by atoms with Gasteiger partial charge in [0.15, 0.2) is 5.78 Å². The summed E-state index contributed by atoms with van der Waals surface area (Å²) in [7, 11) is 0. The molecule has 314 valence electrons. The van der Waals surface area contributed by atoms with Crippen LogP contribution in [-0.4, -0.2) is 94.4 Å². The van der Waals surface area contributed by atoms with Gasteiger partial charge in [-0.1, -0.05) is 51.1 Å². The van der Waals surface area contributed by atoms with Gasteiger partial charge in [-0.25, -0.2) is 0 Å². The Morgan fingerprint density at radius 3 is 2.23 bits per heavy atom. The third-order valence-corrected chi connectivity index (χ3v) is 14.5. The largest absolute Gasteiger partial charge is 0.489 e. The molecule has 11 nitrogen and oxygen atoms in total. The summed E-state index contributed by atoms with van der Waals surface area (Å²) in [6, 6.07) is 18.1. The standard InChI is InChI=1S/C49H50ClN5O6/c1-48(2)46(49(3,4)47(48)61-36-14-11-31(25-51)40(50)24-36)54-28-32-22-29(10-15-37(32)43(54)58)8-9-30-26-53(27-30)33-18-20-52(21-19-33)34-12-16-38-39(23-34)45(60)55(44(38)59)41-17-13-35(56)6-5-7-42(41)57/h10-12,14-16,22-24,30,33,41,46-47H,5-7,13,17-21,26-28H2,1-4H3. The van der Waals surface area contributed by atoms with Gasteiger partial charge in [-0.15, -0.1) is 0 Å². The lowest BCUT2D eigenvalue weighted by molar-refractivity contribution is -0.199. The fourth-order valence-electron chi connectivity index (χ4n) is 11.4. The van der Waals surface area contributed by atoms with Gasteiger partial charge in [0, 0.05) is 104 Å². The van der Waals surface area contributed by atoms with Gasteiger partial charge < -0.3 is 14.5 Å². The Morgan fingerprint density at radius 2 is 1.51 bits per heavy atom. The molecule has 0 N–H and O–H groups in total. The van der Waals surface area contributed by atoms with E-state index in [4.69, 9.17) is 16.3 Å². The summed E-state index contributed by atoms with van der Waals surface area (Å²) < 4.78 is 6.48. The van der Waals surface area contributed by atoms with E-state index in [1.54, 1.807) is 30.3 Å². The zero-order chi connectivity index (χ0) is 43.0. The number of anilines is 1. The van der Waals surface area contributed by atoms with E-state index in [2.05, 4.69) is 61.5 Å². The average molecular weight is 840 g/mol. The molecule has 9 rings (SSSR count). The van der Waals surface area contributed by atoms with Crippen molar-refractivity contribution in [2.24, 2.45) is 16.7 Å². The van der Waals surface area contributed by atoms with Gasteiger partial charge in [-0.3, -0.25) is 33.8 Å². The number of benzene rings is 3. The van der Waals surface area contributed by atoms with Crippen LogP contribution in [-0.2, 0) is 16.1 Å². The molecule has 61 heavy (non-hydrogen) atoms. The maximum Gasteiger partial charge on any atom is 0.262 e. The molecular weight excluding hydrogens is 790 g/mol. The first-order chi connectivity index (χ1) is 29.1. The molecule has 1 unspecified atom stereocenters. The minimum Gasteiger partial charge on any atom is -0.489 e. The van der Waals surface area contributed by atoms with Crippen LogP contribution in [0, 0.1) is 39.9 Å². The lowest BCUT2D eigenvalue weighted by atomic mass is 9.49. The number of rotatable bonds is 6. The van der Waals surface area contributed by atoms with Crippen molar-refractivity contribution < 1.29 is 28.7 Å². The fourth-order valence-corrected chi connectivity index (χ4v) is 11.6. The molecule has 4 aliphatic heterocycles. The number of carbonyl (C=O) groups is 5. The number of ketones is 2. The molecule has 3 aromatic rings. The van der Waals surface area contributed by atoms with Crippen LogP contribution in [0.2, 0.25) is 5.02 Å². The molecule has 4 fully saturated rings. The number of nitriles is 1. The molecule has 2 saturated carbocycles. The van der Waals surface area contributed by atoms with E-state index in [1.807, 2.05) is 23.1 Å². The lowest BCUT2D eigenvalue weighted by Gasteiger charge is -2.65. The van der Waals surface area contributed by atoms with E-state index in [0.29, 0.717) is 52.9 Å². The summed E-state index contributed by atoms with van der Waals surface area (Å²) in [5, 5.41) is 9.62. The number of carbonyl (C=O) groups excluding carboxylic acids is 5. The first-order valence-electron chi connectivity index (χ1n) is 21.5. The highest BCUT2D eigenvalue weighted by atomic mass is 35.5. The second-order valence-corrected chi connectivity index (χ2v) is 19.3. The maximum absolute atomic E-state index is 13.8. The minimum absolute atomic E-state index is 0.0327. The Bertz CT molecular complexity index is 2470. The van der Waals surface area contributed by atoms with Crippen LogP contribution in [0.25, 0.3) is 0 Å². The van der Waals surface area contributed by atoms with Gasteiger partial charge in [0.25, 0.3) is 17.7 Å². The van der Waals surface area contributed by atoms with Crippen LogP contribution in [0.15, 0.2) is 54.6 Å². The number of amides is 3. The first-order valence-corrected chi connectivity index (χ1v) is 21.9. The Labute approximate surface area is 361 Å². The number of hydrogen-bond acceptors (Lipinski definition) is 9. The lowest BCUT2D eigenvalue weighted by Crippen LogP contribution is -2.74. The van der Waals surface area contributed by atoms with Crippen LogP contribution >= 0.6 is 11.6 Å². The summed E-state index contributed by atoms with van der Waals surface area (Å²) >= 11 is 6.30. The topological polar surface area (TPSA) is 131 Å². The molecule has 3 aromatic carbocycles. The number of fused-ring (bicyclic) bond motifs is 2. The van der Waals surface area contributed by atoms with E-state index in [0.717, 1.165) is 66.3 Å². The number of hydrogen-bond donors (Lipinski definition) is 0. The number of halogens is 1. The predicted octanol–water partition coefficient (Wildman–Crippen LogP) is 7.07. The smallest absolute Gasteiger partial charge is 0.262 e. The summed E-state index contributed by atoms with van der Waals surface area (Å²) in [6.45, 7) is 12.6. The molecule has 2 saturated heterocycles. The molecule has 4 heterocycles. The van der Waals surface area contributed by atoms with Gasteiger partial charge >= 0.3 is 0 Å². The molecule has 0 radical (unpaired) electrons. The van der Waals surface area contributed by atoms with Gasteiger partial charge in [-0.2, -0.15) is 5.26 Å². The highest BCUT2D eigenvalue weighted by Gasteiger charge is 2.67. The zero-order valence-electron chi connectivity index (χ0n) is 35.1. The molecule has 1 atom stereocenters. The average Bonchev–Trinajstić information content (AvgIpc) is 3.65. The highest BCUT2D eigenvalue weighted by molar-refractivity contribution is 6.31. The second kappa shape index (κ2) is 15.4. The van der Waals surface area contributed by atoms with E-state index in [1.165, 1.54) is 0 Å². The van der Waals surface area contributed by atoms with Crippen LogP contribution in [0.3, 0.4) is 0 Å². The predicted molar refractivity (Wildman–Crippen MR) is 229 cm³/mol.